The zero-order valence-corrected chi connectivity index (χ0v) is 10.1. The van der Waals surface area contributed by atoms with Crippen molar-refractivity contribution in [2.75, 3.05) is 0 Å². The number of aromatic hydroxyl groups is 1. The first-order chi connectivity index (χ1) is 7.56. The number of phenols is 1. The fourth-order valence-electron chi connectivity index (χ4n) is 2.61. The molecule has 0 saturated carbocycles. The van der Waals surface area contributed by atoms with Gasteiger partial charge in [-0.05, 0) is 49.4 Å². The second-order valence-electron chi connectivity index (χ2n) is 4.73. The highest BCUT2D eigenvalue weighted by Gasteiger charge is 2.32. The van der Waals surface area contributed by atoms with Gasteiger partial charge in [-0.1, -0.05) is 13.3 Å². The molecule has 0 bridgehead atoms. The quantitative estimate of drug-likeness (QED) is 0.827. The van der Waals surface area contributed by atoms with E-state index in [9.17, 15) is 9.90 Å². The molecule has 16 heavy (non-hydrogen) atoms. The second-order valence-corrected chi connectivity index (χ2v) is 4.73. The molecular formula is C14H18O2. The molecule has 0 aromatic heterocycles. The van der Waals surface area contributed by atoms with Crippen LogP contribution in [0.5, 0.6) is 5.75 Å². The molecular weight excluding hydrogens is 200 g/mol. The monoisotopic (exact) mass is 218 g/mol. The van der Waals surface area contributed by atoms with E-state index in [2.05, 4.69) is 6.92 Å². The van der Waals surface area contributed by atoms with Gasteiger partial charge < -0.3 is 5.11 Å². The number of Topliss-reactive ketones (excluding diaryl/α,β-unsaturated/α-hetero) is 1. The SMILES string of the molecule is CCC[C@H]1Cc2cc(O)c(C)c(C)c2C1=O. The molecule has 1 N–H and O–H groups in total. The fraction of sp³-hybridized carbons (Fsp3) is 0.500. The maximum absolute atomic E-state index is 12.2. The zero-order chi connectivity index (χ0) is 11.9. The summed E-state index contributed by atoms with van der Waals surface area (Å²) in [6, 6.07) is 1.77. The summed E-state index contributed by atoms with van der Waals surface area (Å²) in [4.78, 5) is 12.2. The van der Waals surface area contributed by atoms with Crippen LogP contribution in [0.25, 0.3) is 0 Å². The van der Waals surface area contributed by atoms with Gasteiger partial charge >= 0.3 is 0 Å². The van der Waals surface area contributed by atoms with Crippen molar-refractivity contribution in [2.24, 2.45) is 5.92 Å². The van der Waals surface area contributed by atoms with Crippen molar-refractivity contribution in [1.82, 2.24) is 0 Å². The van der Waals surface area contributed by atoms with Crippen LogP contribution >= 0.6 is 0 Å². The van der Waals surface area contributed by atoms with Gasteiger partial charge in [-0.2, -0.15) is 0 Å². The van der Waals surface area contributed by atoms with Gasteiger partial charge in [-0.25, -0.2) is 0 Å². The molecule has 0 aliphatic heterocycles. The summed E-state index contributed by atoms with van der Waals surface area (Å²) in [6.07, 6.45) is 2.79. The Morgan fingerprint density at radius 1 is 1.38 bits per heavy atom. The van der Waals surface area contributed by atoms with Crippen molar-refractivity contribution in [1.29, 1.82) is 0 Å². The Morgan fingerprint density at radius 3 is 2.69 bits per heavy atom. The first-order valence-corrected chi connectivity index (χ1v) is 5.92. The number of benzene rings is 1. The second kappa shape index (κ2) is 3.93. The van der Waals surface area contributed by atoms with Crippen LogP contribution in [0.15, 0.2) is 6.07 Å². The number of carbonyl (C=O) groups excluding carboxylic acids is 1. The maximum Gasteiger partial charge on any atom is 0.166 e. The summed E-state index contributed by atoms with van der Waals surface area (Å²) in [5.74, 6) is 0.735. The van der Waals surface area contributed by atoms with Gasteiger partial charge in [0.1, 0.15) is 5.75 Å². The zero-order valence-electron chi connectivity index (χ0n) is 10.1. The Balaban J connectivity index is 2.48. The average molecular weight is 218 g/mol. The maximum atomic E-state index is 12.2. The minimum atomic E-state index is 0.139. The van der Waals surface area contributed by atoms with Crippen molar-refractivity contribution >= 4 is 5.78 Å². The number of fused-ring (bicyclic) bond motifs is 1. The van der Waals surface area contributed by atoms with E-state index in [4.69, 9.17) is 0 Å². The third-order valence-electron chi connectivity index (χ3n) is 3.67. The third kappa shape index (κ3) is 1.53. The van der Waals surface area contributed by atoms with Crippen molar-refractivity contribution in [3.63, 3.8) is 0 Å². The van der Waals surface area contributed by atoms with E-state index in [1.165, 1.54) is 0 Å². The summed E-state index contributed by atoms with van der Waals surface area (Å²) < 4.78 is 0. The molecule has 1 aliphatic rings. The van der Waals surface area contributed by atoms with E-state index < -0.39 is 0 Å². The minimum absolute atomic E-state index is 0.139. The highest BCUT2D eigenvalue weighted by molar-refractivity contribution is 6.04. The van der Waals surface area contributed by atoms with Gasteiger partial charge in [0.25, 0.3) is 0 Å². The summed E-state index contributed by atoms with van der Waals surface area (Å²) in [5, 5.41) is 9.76. The molecule has 0 heterocycles. The normalized spacial score (nSPS) is 18.9. The Bertz CT molecular complexity index is 447. The fourth-order valence-corrected chi connectivity index (χ4v) is 2.61. The third-order valence-corrected chi connectivity index (χ3v) is 3.67. The standard InChI is InChI=1S/C14H18O2/c1-4-5-10-6-11-7-12(15)8(2)9(3)13(11)14(10)16/h7,10,15H,4-6H2,1-3H3/t10-/m0/s1. The van der Waals surface area contributed by atoms with Gasteiger partial charge in [0.05, 0.1) is 0 Å². The number of hydrogen-bond acceptors (Lipinski definition) is 2. The number of carbonyl (C=O) groups is 1. The Morgan fingerprint density at radius 2 is 2.06 bits per heavy atom. The van der Waals surface area contributed by atoms with E-state index in [1.807, 2.05) is 13.8 Å². The van der Waals surface area contributed by atoms with Crippen molar-refractivity contribution in [3.05, 3.63) is 28.3 Å². The molecule has 0 radical (unpaired) electrons. The highest BCUT2D eigenvalue weighted by Crippen LogP contribution is 2.36. The molecule has 2 rings (SSSR count). The van der Waals surface area contributed by atoms with Crippen LogP contribution in [0.3, 0.4) is 0 Å². The Labute approximate surface area is 96.3 Å². The summed E-state index contributed by atoms with van der Waals surface area (Å²) in [6.45, 7) is 5.90. The van der Waals surface area contributed by atoms with Gasteiger partial charge in [0.2, 0.25) is 0 Å². The summed E-state index contributed by atoms with van der Waals surface area (Å²) >= 11 is 0. The predicted octanol–water partition coefficient (Wildman–Crippen LogP) is 3.16. The van der Waals surface area contributed by atoms with Crippen molar-refractivity contribution < 1.29 is 9.90 Å². The molecule has 1 atom stereocenters. The number of phenolic OH excluding ortho intramolecular Hbond substituents is 1. The first-order valence-electron chi connectivity index (χ1n) is 5.92. The molecule has 0 amide bonds. The summed E-state index contributed by atoms with van der Waals surface area (Å²) in [5.41, 5.74) is 3.70. The number of ketones is 1. The lowest BCUT2D eigenvalue weighted by Gasteiger charge is -2.08. The highest BCUT2D eigenvalue weighted by atomic mass is 16.3. The van der Waals surface area contributed by atoms with Gasteiger partial charge in [-0.15, -0.1) is 0 Å². The molecule has 0 unspecified atom stereocenters. The lowest BCUT2D eigenvalue weighted by atomic mass is 9.97. The van der Waals surface area contributed by atoms with Crippen LogP contribution in [0.1, 0.15) is 46.8 Å². The molecule has 1 aliphatic carbocycles. The van der Waals surface area contributed by atoms with Crippen LogP contribution in [0.4, 0.5) is 0 Å². The molecule has 0 saturated heterocycles. The average Bonchev–Trinajstić information content (AvgIpc) is 2.53. The number of rotatable bonds is 2. The van der Waals surface area contributed by atoms with Crippen LogP contribution < -0.4 is 0 Å². The smallest absolute Gasteiger partial charge is 0.166 e. The lowest BCUT2D eigenvalue weighted by Crippen LogP contribution is -2.09. The molecule has 0 spiro atoms. The topological polar surface area (TPSA) is 37.3 Å². The molecule has 1 aromatic carbocycles. The van der Waals surface area contributed by atoms with Gasteiger partial charge in [0.15, 0.2) is 5.78 Å². The molecule has 2 heteroatoms. The van der Waals surface area contributed by atoms with E-state index in [0.29, 0.717) is 5.75 Å². The van der Waals surface area contributed by atoms with E-state index in [-0.39, 0.29) is 11.7 Å². The Hall–Kier alpha value is -1.31. The molecule has 2 nitrogen and oxygen atoms in total. The molecule has 86 valence electrons. The van der Waals surface area contributed by atoms with Crippen LogP contribution in [-0.4, -0.2) is 10.9 Å². The van der Waals surface area contributed by atoms with E-state index >= 15 is 0 Å². The largest absolute Gasteiger partial charge is 0.508 e. The van der Waals surface area contributed by atoms with Crippen molar-refractivity contribution in [3.8, 4) is 5.75 Å². The predicted molar refractivity (Wildman–Crippen MR) is 64.0 cm³/mol. The van der Waals surface area contributed by atoms with E-state index in [0.717, 1.165) is 41.5 Å². The first kappa shape index (κ1) is 11.2. The van der Waals surface area contributed by atoms with E-state index in [1.54, 1.807) is 6.07 Å². The van der Waals surface area contributed by atoms with Crippen molar-refractivity contribution in [2.45, 2.75) is 40.0 Å². The number of hydrogen-bond donors (Lipinski definition) is 1. The molecule has 0 fully saturated rings. The van der Waals surface area contributed by atoms with Crippen LogP contribution in [0, 0.1) is 19.8 Å². The molecule has 1 aromatic rings. The van der Waals surface area contributed by atoms with Gasteiger partial charge in [-0.3, -0.25) is 4.79 Å². The summed E-state index contributed by atoms with van der Waals surface area (Å²) in [7, 11) is 0. The minimum Gasteiger partial charge on any atom is -0.508 e. The van der Waals surface area contributed by atoms with Crippen LogP contribution in [0.2, 0.25) is 0 Å². The lowest BCUT2D eigenvalue weighted by molar-refractivity contribution is 0.0930. The van der Waals surface area contributed by atoms with Crippen LogP contribution in [-0.2, 0) is 6.42 Å². The van der Waals surface area contributed by atoms with Gasteiger partial charge in [0, 0.05) is 11.5 Å². The Kier molecular flexibility index (Phi) is 2.75.